The predicted octanol–water partition coefficient (Wildman–Crippen LogP) is 3.16. The van der Waals surface area contributed by atoms with Gasteiger partial charge in [0.05, 0.1) is 17.8 Å². The molecule has 1 aliphatic heterocycles. The summed E-state index contributed by atoms with van der Waals surface area (Å²) in [5.41, 5.74) is 1.73. The monoisotopic (exact) mass is 378 g/mol. The van der Waals surface area contributed by atoms with Crippen molar-refractivity contribution < 1.29 is 12.9 Å². The van der Waals surface area contributed by atoms with Crippen molar-refractivity contribution in [2.45, 2.75) is 43.5 Å². The summed E-state index contributed by atoms with van der Waals surface area (Å²) in [6.45, 7) is 2.54. The van der Waals surface area contributed by atoms with Gasteiger partial charge in [0.15, 0.2) is 0 Å². The van der Waals surface area contributed by atoms with E-state index in [2.05, 4.69) is 20.8 Å². The summed E-state index contributed by atoms with van der Waals surface area (Å²) in [7, 11) is -3.68. The van der Waals surface area contributed by atoms with Crippen LogP contribution >= 0.6 is 11.7 Å². The molecule has 0 unspecified atom stereocenters. The topological polar surface area (TPSA) is 89.2 Å². The first kappa shape index (κ1) is 16.6. The zero-order chi connectivity index (χ0) is 17.4. The van der Waals surface area contributed by atoms with Crippen molar-refractivity contribution in [2.24, 2.45) is 0 Å². The van der Waals surface area contributed by atoms with Crippen molar-refractivity contribution in [1.29, 1.82) is 0 Å². The molecule has 0 amide bonds. The predicted molar refractivity (Wildman–Crippen MR) is 93.8 cm³/mol. The molecule has 1 atom stereocenters. The summed E-state index contributed by atoms with van der Waals surface area (Å²) in [4.78, 5) is 0.211. The molecule has 1 saturated heterocycles. The van der Waals surface area contributed by atoms with Crippen LogP contribution in [0.4, 0.5) is 0 Å². The molecule has 0 bridgehead atoms. The minimum atomic E-state index is -3.68. The van der Waals surface area contributed by atoms with Gasteiger partial charge in [0.25, 0.3) is 0 Å². The van der Waals surface area contributed by atoms with Gasteiger partial charge < -0.3 is 4.52 Å². The summed E-state index contributed by atoms with van der Waals surface area (Å²) < 4.78 is 41.7. The molecule has 7 nitrogen and oxygen atoms in total. The van der Waals surface area contributed by atoms with Gasteiger partial charge in [0.1, 0.15) is 27.4 Å². The Balaban J connectivity index is 1.72. The fourth-order valence-electron chi connectivity index (χ4n) is 3.29. The van der Waals surface area contributed by atoms with Crippen LogP contribution in [-0.2, 0) is 16.4 Å². The average Bonchev–Trinajstić information content (AvgIpc) is 3.33. The van der Waals surface area contributed by atoms with E-state index < -0.39 is 10.0 Å². The summed E-state index contributed by atoms with van der Waals surface area (Å²) >= 11 is 1.02. The maximum atomic E-state index is 13.3. The van der Waals surface area contributed by atoms with Crippen LogP contribution in [0.1, 0.15) is 43.7 Å². The van der Waals surface area contributed by atoms with Gasteiger partial charge in [-0.1, -0.05) is 18.1 Å². The Morgan fingerprint density at radius 2 is 2.24 bits per heavy atom. The lowest BCUT2D eigenvalue weighted by Gasteiger charge is -2.22. The summed E-state index contributed by atoms with van der Waals surface area (Å²) in [6.07, 6.45) is 3.30. The molecule has 0 aliphatic carbocycles. The minimum absolute atomic E-state index is 0.211. The number of nitrogens with zero attached hydrogens (tertiary/aromatic N) is 4. The highest BCUT2D eigenvalue weighted by Gasteiger charge is 2.39. The van der Waals surface area contributed by atoms with Gasteiger partial charge >= 0.3 is 0 Å². The van der Waals surface area contributed by atoms with Gasteiger partial charge in [-0.05, 0) is 31.4 Å². The lowest BCUT2D eigenvalue weighted by atomic mass is 10.1. The molecule has 3 aromatic rings. The van der Waals surface area contributed by atoms with E-state index in [9.17, 15) is 8.42 Å². The van der Waals surface area contributed by atoms with Gasteiger partial charge in [-0.2, -0.15) is 13.1 Å². The molecule has 2 aromatic heterocycles. The molecular formula is C16H18N4O3S2. The van der Waals surface area contributed by atoms with Crippen LogP contribution in [0.15, 0.2) is 33.7 Å². The van der Waals surface area contributed by atoms with Crippen molar-refractivity contribution in [3.05, 3.63) is 35.7 Å². The molecule has 4 rings (SSSR count). The summed E-state index contributed by atoms with van der Waals surface area (Å²) in [5, 5.41) is 4.12. The highest BCUT2D eigenvalue weighted by molar-refractivity contribution is 7.89. The van der Waals surface area contributed by atoms with Crippen LogP contribution in [0, 0.1) is 0 Å². The Kier molecular flexibility index (Phi) is 4.30. The fourth-order valence-corrected chi connectivity index (χ4v) is 5.71. The largest absolute Gasteiger partial charge is 0.361 e. The van der Waals surface area contributed by atoms with E-state index in [1.165, 1.54) is 4.31 Å². The molecule has 25 heavy (non-hydrogen) atoms. The normalized spacial score (nSPS) is 19.0. The van der Waals surface area contributed by atoms with Crippen molar-refractivity contribution in [3.63, 3.8) is 0 Å². The van der Waals surface area contributed by atoms with E-state index in [1.807, 2.05) is 6.07 Å². The number of fused-ring (bicyclic) bond motifs is 1. The van der Waals surface area contributed by atoms with E-state index >= 15 is 0 Å². The Morgan fingerprint density at radius 1 is 1.36 bits per heavy atom. The number of sulfonamides is 1. The molecule has 1 aromatic carbocycles. The van der Waals surface area contributed by atoms with Crippen LogP contribution in [0.2, 0.25) is 0 Å². The van der Waals surface area contributed by atoms with Crippen LogP contribution in [0.25, 0.3) is 11.0 Å². The molecule has 0 saturated carbocycles. The lowest BCUT2D eigenvalue weighted by Crippen LogP contribution is -2.31. The minimum Gasteiger partial charge on any atom is -0.361 e. The first-order valence-corrected chi connectivity index (χ1v) is 10.5. The Morgan fingerprint density at radius 3 is 3.08 bits per heavy atom. The molecule has 0 N–H and O–H groups in total. The Labute approximate surface area is 150 Å². The van der Waals surface area contributed by atoms with E-state index in [0.717, 1.165) is 43.2 Å². The standard InChI is InChI=1S/C16H18N4O3S2/c1-2-5-11-10-13(17-23-11)14-7-4-9-20(14)25(21,22)15-8-3-6-12-16(15)19-24-18-12/h3,6,8,10,14H,2,4-5,7,9H2,1H3/t14-/m0/s1. The van der Waals surface area contributed by atoms with Crippen molar-refractivity contribution >= 4 is 32.8 Å². The van der Waals surface area contributed by atoms with Gasteiger partial charge in [-0.15, -0.1) is 0 Å². The van der Waals surface area contributed by atoms with Crippen LogP contribution in [-0.4, -0.2) is 33.2 Å². The number of aryl methyl sites for hydroxylation is 1. The molecule has 0 radical (unpaired) electrons. The zero-order valence-electron chi connectivity index (χ0n) is 13.8. The third-order valence-electron chi connectivity index (χ3n) is 4.45. The van der Waals surface area contributed by atoms with E-state index in [-0.39, 0.29) is 10.9 Å². The Hall–Kier alpha value is -1.84. The van der Waals surface area contributed by atoms with E-state index in [0.29, 0.717) is 23.3 Å². The van der Waals surface area contributed by atoms with Gasteiger partial charge in [0, 0.05) is 19.0 Å². The van der Waals surface area contributed by atoms with Crippen molar-refractivity contribution in [1.82, 2.24) is 18.2 Å². The number of rotatable bonds is 5. The van der Waals surface area contributed by atoms with Crippen LogP contribution in [0.3, 0.4) is 0 Å². The maximum absolute atomic E-state index is 13.3. The third kappa shape index (κ3) is 2.86. The average molecular weight is 378 g/mol. The molecule has 0 spiro atoms. The summed E-state index contributed by atoms with van der Waals surface area (Å²) in [5.74, 6) is 0.799. The third-order valence-corrected chi connectivity index (χ3v) is 6.94. The second kappa shape index (κ2) is 6.47. The maximum Gasteiger partial charge on any atom is 0.245 e. The molecule has 3 heterocycles. The lowest BCUT2D eigenvalue weighted by molar-refractivity contribution is 0.343. The number of hydrogen-bond acceptors (Lipinski definition) is 7. The Bertz CT molecular complexity index is 996. The highest BCUT2D eigenvalue weighted by atomic mass is 32.2. The smallest absolute Gasteiger partial charge is 0.245 e. The first-order valence-electron chi connectivity index (χ1n) is 8.30. The number of aromatic nitrogens is 3. The van der Waals surface area contributed by atoms with Crippen LogP contribution in [0.5, 0.6) is 0 Å². The molecule has 9 heteroatoms. The zero-order valence-corrected chi connectivity index (χ0v) is 15.4. The molecule has 1 aliphatic rings. The fraction of sp³-hybridized carbons (Fsp3) is 0.438. The second-order valence-electron chi connectivity index (χ2n) is 6.13. The highest BCUT2D eigenvalue weighted by Crippen LogP contribution is 2.37. The summed E-state index contributed by atoms with van der Waals surface area (Å²) in [6, 6.07) is 6.67. The van der Waals surface area contributed by atoms with E-state index in [1.54, 1.807) is 18.2 Å². The van der Waals surface area contributed by atoms with Gasteiger partial charge in [-0.25, -0.2) is 8.42 Å². The molecular weight excluding hydrogens is 360 g/mol. The quantitative estimate of drug-likeness (QED) is 0.677. The second-order valence-corrected chi connectivity index (χ2v) is 8.52. The number of benzene rings is 1. The van der Waals surface area contributed by atoms with Crippen molar-refractivity contribution in [2.75, 3.05) is 6.54 Å². The molecule has 132 valence electrons. The van der Waals surface area contributed by atoms with E-state index in [4.69, 9.17) is 4.52 Å². The van der Waals surface area contributed by atoms with Gasteiger partial charge in [0.2, 0.25) is 10.0 Å². The first-order chi connectivity index (χ1) is 12.1. The number of hydrogen-bond donors (Lipinski definition) is 0. The van der Waals surface area contributed by atoms with Crippen molar-refractivity contribution in [3.8, 4) is 0 Å². The SMILES string of the molecule is CCCc1cc([C@@H]2CCCN2S(=O)(=O)c2cccc3nsnc23)no1. The van der Waals surface area contributed by atoms with Gasteiger partial charge in [-0.3, -0.25) is 0 Å². The van der Waals surface area contributed by atoms with Crippen LogP contribution < -0.4 is 0 Å². The molecule has 1 fully saturated rings.